The van der Waals surface area contributed by atoms with E-state index in [2.05, 4.69) is 24.1 Å². The first kappa shape index (κ1) is 11.9. The van der Waals surface area contributed by atoms with Crippen molar-refractivity contribution in [1.29, 1.82) is 0 Å². The van der Waals surface area contributed by atoms with Gasteiger partial charge in [-0.25, -0.2) is 9.97 Å². The lowest BCUT2D eigenvalue weighted by Crippen LogP contribution is -2.25. The second-order valence-electron chi connectivity index (χ2n) is 4.35. The maximum absolute atomic E-state index is 4.69. The Balaban J connectivity index is 2.24. The molecule has 0 aliphatic carbocycles. The molecule has 2 heterocycles. The fourth-order valence-corrected chi connectivity index (χ4v) is 2.90. The summed E-state index contributed by atoms with van der Waals surface area (Å²) >= 11 is 1.97. The standard InChI is InChI=1S/C12H19N3S/c1-8(13-3)6-12-14-9(2)10-4-5-16-7-11(10)15-12/h8,13H,4-7H2,1-3H3. The average Bonchev–Trinajstić information content (AvgIpc) is 2.29. The zero-order valence-electron chi connectivity index (χ0n) is 10.2. The fraction of sp³-hybridized carbons (Fsp3) is 0.667. The van der Waals surface area contributed by atoms with Crippen LogP contribution in [0.3, 0.4) is 0 Å². The number of hydrogen-bond acceptors (Lipinski definition) is 4. The maximum Gasteiger partial charge on any atom is 0.130 e. The number of rotatable bonds is 3. The van der Waals surface area contributed by atoms with Gasteiger partial charge in [0, 0.05) is 23.9 Å². The Labute approximate surface area is 101 Å². The molecule has 1 unspecified atom stereocenters. The number of likely N-dealkylation sites (N-methyl/N-ethyl adjacent to an activating group) is 1. The molecule has 88 valence electrons. The maximum atomic E-state index is 4.69. The van der Waals surface area contributed by atoms with Gasteiger partial charge < -0.3 is 5.32 Å². The minimum atomic E-state index is 0.439. The Bertz CT molecular complexity index is 379. The van der Waals surface area contributed by atoms with E-state index in [0.717, 1.165) is 24.4 Å². The van der Waals surface area contributed by atoms with Gasteiger partial charge in [-0.1, -0.05) is 0 Å². The highest BCUT2D eigenvalue weighted by Crippen LogP contribution is 2.24. The highest BCUT2D eigenvalue weighted by molar-refractivity contribution is 7.98. The van der Waals surface area contributed by atoms with E-state index in [9.17, 15) is 0 Å². The molecule has 3 nitrogen and oxygen atoms in total. The third-order valence-electron chi connectivity index (χ3n) is 3.06. The number of nitrogens with zero attached hydrogens (tertiary/aromatic N) is 2. The van der Waals surface area contributed by atoms with Crippen molar-refractivity contribution in [2.45, 2.75) is 38.5 Å². The predicted molar refractivity (Wildman–Crippen MR) is 68.9 cm³/mol. The molecule has 0 spiro atoms. The molecule has 0 saturated carbocycles. The van der Waals surface area contributed by atoms with E-state index in [4.69, 9.17) is 4.98 Å². The summed E-state index contributed by atoms with van der Waals surface area (Å²) in [5, 5.41) is 3.23. The summed E-state index contributed by atoms with van der Waals surface area (Å²) in [6, 6.07) is 0.439. The molecule has 0 amide bonds. The molecule has 1 atom stereocenters. The van der Waals surface area contributed by atoms with Gasteiger partial charge >= 0.3 is 0 Å². The van der Waals surface area contributed by atoms with Crippen LogP contribution in [0.25, 0.3) is 0 Å². The smallest absolute Gasteiger partial charge is 0.130 e. The topological polar surface area (TPSA) is 37.8 Å². The summed E-state index contributed by atoms with van der Waals surface area (Å²) in [5.74, 6) is 3.25. The summed E-state index contributed by atoms with van der Waals surface area (Å²) in [5.41, 5.74) is 3.84. The summed E-state index contributed by atoms with van der Waals surface area (Å²) < 4.78 is 0. The lowest BCUT2D eigenvalue weighted by atomic mass is 10.1. The quantitative estimate of drug-likeness (QED) is 0.869. The number of thioether (sulfide) groups is 1. The molecule has 1 aliphatic heterocycles. The number of aromatic nitrogens is 2. The highest BCUT2D eigenvalue weighted by atomic mass is 32.2. The van der Waals surface area contributed by atoms with Crippen molar-refractivity contribution in [3.05, 3.63) is 22.8 Å². The van der Waals surface area contributed by atoms with Crippen molar-refractivity contribution < 1.29 is 0 Å². The summed E-state index contributed by atoms with van der Waals surface area (Å²) in [6.45, 7) is 4.27. The van der Waals surface area contributed by atoms with Gasteiger partial charge in [0.15, 0.2) is 0 Å². The van der Waals surface area contributed by atoms with Crippen molar-refractivity contribution >= 4 is 11.8 Å². The Morgan fingerprint density at radius 3 is 3.00 bits per heavy atom. The summed E-state index contributed by atoms with van der Waals surface area (Å²) in [4.78, 5) is 9.30. The molecule has 0 bridgehead atoms. The normalized spacial score (nSPS) is 16.9. The van der Waals surface area contributed by atoms with Crippen LogP contribution in [0.15, 0.2) is 0 Å². The molecule has 16 heavy (non-hydrogen) atoms. The van der Waals surface area contributed by atoms with E-state index in [1.54, 1.807) is 0 Å². The molecule has 0 radical (unpaired) electrons. The molecule has 1 N–H and O–H groups in total. The highest BCUT2D eigenvalue weighted by Gasteiger charge is 2.16. The van der Waals surface area contributed by atoms with E-state index < -0.39 is 0 Å². The Morgan fingerprint density at radius 2 is 2.25 bits per heavy atom. The zero-order chi connectivity index (χ0) is 11.5. The third-order valence-corrected chi connectivity index (χ3v) is 4.03. The van der Waals surface area contributed by atoms with Crippen molar-refractivity contribution in [3.8, 4) is 0 Å². The number of aryl methyl sites for hydroxylation is 1. The SMILES string of the molecule is CNC(C)Cc1nc(C)c2c(n1)CSCC2. The van der Waals surface area contributed by atoms with Crippen LogP contribution < -0.4 is 5.32 Å². The van der Waals surface area contributed by atoms with Crippen LogP contribution in [0.4, 0.5) is 0 Å². The monoisotopic (exact) mass is 237 g/mol. The number of fused-ring (bicyclic) bond motifs is 1. The van der Waals surface area contributed by atoms with Gasteiger partial charge in [-0.15, -0.1) is 0 Å². The van der Waals surface area contributed by atoms with Crippen LogP contribution in [-0.4, -0.2) is 28.8 Å². The van der Waals surface area contributed by atoms with E-state index in [1.165, 1.54) is 22.7 Å². The predicted octanol–water partition coefficient (Wildman–Crippen LogP) is 1.72. The van der Waals surface area contributed by atoms with Gasteiger partial charge in [-0.05, 0) is 38.6 Å². The summed E-state index contributed by atoms with van der Waals surface area (Å²) in [7, 11) is 1.98. The molecular weight excluding hydrogens is 218 g/mol. The second-order valence-corrected chi connectivity index (χ2v) is 5.45. The number of nitrogens with one attached hydrogen (secondary N) is 1. The Morgan fingerprint density at radius 1 is 1.44 bits per heavy atom. The first-order valence-corrected chi connectivity index (χ1v) is 6.96. The Kier molecular flexibility index (Phi) is 3.82. The van der Waals surface area contributed by atoms with E-state index in [0.29, 0.717) is 6.04 Å². The zero-order valence-corrected chi connectivity index (χ0v) is 11.0. The van der Waals surface area contributed by atoms with Crippen molar-refractivity contribution in [1.82, 2.24) is 15.3 Å². The van der Waals surface area contributed by atoms with E-state index in [1.807, 2.05) is 18.8 Å². The molecule has 1 aliphatic rings. The van der Waals surface area contributed by atoms with Crippen molar-refractivity contribution in [2.24, 2.45) is 0 Å². The molecular formula is C12H19N3S. The lowest BCUT2D eigenvalue weighted by molar-refractivity contribution is 0.587. The molecule has 4 heteroatoms. The molecule has 0 aromatic carbocycles. The van der Waals surface area contributed by atoms with E-state index in [-0.39, 0.29) is 0 Å². The van der Waals surface area contributed by atoms with Gasteiger partial charge in [-0.3, -0.25) is 0 Å². The summed E-state index contributed by atoms with van der Waals surface area (Å²) in [6.07, 6.45) is 2.04. The van der Waals surface area contributed by atoms with Crippen molar-refractivity contribution in [2.75, 3.05) is 12.8 Å². The first-order valence-electron chi connectivity index (χ1n) is 5.81. The molecule has 2 rings (SSSR count). The van der Waals surface area contributed by atoms with Gasteiger partial charge in [-0.2, -0.15) is 11.8 Å². The molecule has 0 saturated heterocycles. The lowest BCUT2D eigenvalue weighted by Gasteiger charge is -2.18. The average molecular weight is 237 g/mol. The van der Waals surface area contributed by atoms with Crippen LogP contribution in [0.1, 0.15) is 29.7 Å². The largest absolute Gasteiger partial charge is 0.317 e. The van der Waals surface area contributed by atoms with Crippen molar-refractivity contribution in [3.63, 3.8) is 0 Å². The Hall–Kier alpha value is -0.610. The van der Waals surface area contributed by atoms with Gasteiger partial charge in [0.25, 0.3) is 0 Å². The van der Waals surface area contributed by atoms with E-state index >= 15 is 0 Å². The first-order chi connectivity index (χ1) is 7.70. The minimum Gasteiger partial charge on any atom is -0.317 e. The van der Waals surface area contributed by atoms with Crippen LogP contribution in [0, 0.1) is 6.92 Å². The van der Waals surface area contributed by atoms with Gasteiger partial charge in [0.1, 0.15) is 5.82 Å². The van der Waals surface area contributed by atoms with Crippen LogP contribution in [0.5, 0.6) is 0 Å². The van der Waals surface area contributed by atoms with Gasteiger partial charge in [0.2, 0.25) is 0 Å². The van der Waals surface area contributed by atoms with Crippen LogP contribution in [-0.2, 0) is 18.6 Å². The second kappa shape index (κ2) is 5.15. The minimum absolute atomic E-state index is 0.439. The molecule has 1 aromatic rings. The van der Waals surface area contributed by atoms with Gasteiger partial charge in [0.05, 0.1) is 5.69 Å². The third kappa shape index (κ3) is 2.55. The molecule has 1 aromatic heterocycles. The number of hydrogen-bond donors (Lipinski definition) is 1. The van der Waals surface area contributed by atoms with Crippen LogP contribution >= 0.6 is 11.8 Å². The van der Waals surface area contributed by atoms with Crippen LogP contribution in [0.2, 0.25) is 0 Å². The fourth-order valence-electron chi connectivity index (χ4n) is 1.97. The molecule has 0 fully saturated rings.